The van der Waals surface area contributed by atoms with Gasteiger partial charge in [-0.05, 0) is 31.5 Å². The molecule has 0 fully saturated rings. The van der Waals surface area contributed by atoms with Crippen molar-refractivity contribution >= 4 is 17.2 Å². The summed E-state index contributed by atoms with van der Waals surface area (Å²) < 4.78 is 7.18. The molecule has 1 N–H and O–H groups in total. The fourth-order valence-corrected chi connectivity index (χ4v) is 2.68. The van der Waals surface area contributed by atoms with Gasteiger partial charge in [-0.1, -0.05) is 18.2 Å². The van der Waals surface area contributed by atoms with E-state index in [9.17, 15) is 14.9 Å². The summed E-state index contributed by atoms with van der Waals surface area (Å²) >= 11 is 0. The minimum Gasteiger partial charge on any atom is -0.485 e. The zero-order valence-corrected chi connectivity index (χ0v) is 14.4. The van der Waals surface area contributed by atoms with Gasteiger partial charge in [0.1, 0.15) is 17.9 Å². The molecule has 8 nitrogen and oxygen atoms in total. The highest BCUT2D eigenvalue weighted by Crippen LogP contribution is 2.25. The number of nitro groups is 1. The molecule has 0 unspecified atom stereocenters. The summed E-state index contributed by atoms with van der Waals surface area (Å²) in [6.45, 7) is 4.05. The Bertz CT molecular complexity index is 980. The molecule has 1 amide bonds. The fourth-order valence-electron chi connectivity index (χ4n) is 2.68. The normalized spacial score (nSPS) is 10.7. The molecule has 26 heavy (non-hydrogen) atoms. The van der Waals surface area contributed by atoms with Crippen molar-refractivity contribution in [2.45, 2.75) is 13.8 Å². The number of carbonyl (C=O) groups is 1. The predicted molar refractivity (Wildman–Crippen MR) is 95.6 cm³/mol. The number of fused-ring (bicyclic) bond motifs is 1. The van der Waals surface area contributed by atoms with Crippen LogP contribution in [0.15, 0.2) is 42.6 Å². The number of hydrogen-bond acceptors (Lipinski definition) is 5. The van der Waals surface area contributed by atoms with Crippen molar-refractivity contribution in [2.75, 3.05) is 13.2 Å². The van der Waals surface area contributed by atoms with Gasteiger partial charge in [-0.15, -0.1) is 0 Å². The predicted octanol–water partition coefficient (Wildman–Crippen LogP) is 2.67. The maximum absolute atomic E-state index is 12.5. The molecule has 0 saturated carbocycles. The van der Waals surface area contributed by atoms with Crippen molar-refractivity contribution in [1.29, 1.82) is 0 Å². The number of rotatable bonds is 6. The largest absolute Gasteiger partial charge is 0.485 e. The molecule has 134 valence electrons. The summed E-state index contributed by atoms with van der Waals surface area (Å²) in [5, 5.41) is 13.7. The molecule has 0 atom stereocenters. The van der Waals surface area contributed by atoms with E-state index in [0.29, 0.717) is 17.0 Å². The highest BCUT2D eigenvalue weighted by atomic mass is 16.6. The molecular formula is C18H18N4O4. The molecule has 8 heteroatoms. The van der Waals surface area contributed by atoms with Crippen LogP contribution in [0.1, 0.15) is 21.7 Å². The first-order valence-electron chi connectivity index (χ1n) is 8.07. The Labute approximate surface area is 149 Å². The Hall–Kier alpha value is -3.42. The number of nitrogens with one attached hydrogen (secondary N) is 1. The van der Waals surface area contributed by atoms with Gasteiger partial charge < -0.3 is 10.1 Å². The van der Waals surface area contributed by atoms with Crippen LogP contribution in [0.25, 0.3) is 5.65 Å². The van der Waals surface area contributed by atoms with Crippen molar-refractivity contribution in [3.63, 3.8) is 0 Å². The van der Waals surface area contributed by atoms with E-state index in [1.165, 1.54) is 12.1 Å². The van der Waals surface area contributed by atoms with Gasteiger partial charge in [-0.2, -0.15) is 0 Å². The van der Waals surface area contributed by atoms with Crippen LogP contribution in [0.4, 0.5) is 5.69 Å². The number of aryl methyl sites for hydroxylation is 2. The highest BCUT2D eigenvalue weighted by Gasteiger charge is 2.17. The maximum atomic E-state index is 12.5. The molecule has 0 aliphatic heterocycles. The van der Waals surface area contributed by atoms with Gasteiger partial charge in [-0.3, -0.25) is 19.3 Å². The number of pyridine rings is 1. The summed E-state index contributed by atoms with van der Waals surface area (Å²) in [6, 6.07) is 9.92. The van der Waals surface area contributed by atoms with Crippen LogP contribution in [0.5, 0.6) is 5.75 Å². The topological polar surface area (TPSA) is 98.8 Å². The minimum absolute atomic E-state index is 0.105. The number of nitro benzene ring substituents is 1. The molecule has 2 heterocycles. The van der Waals surface area contributed by atoms with Crippen LogP contribution < -0.4 is 10.1 Å². The summed E-state index contributed by atoms with van der Waals surface area (Å²) in [7, 11) is 0. The van der Waals surface area contributed by atoms with Crippen LogP contribution in [0.2, 0.25) is 0 Å². The van der Waals surface area contributed by atoms with E-state index < -0.39 is 4.92 Å². The van der Waals surface area contributed by atoms with Crippen LogP contribution in [-0.4, -0.2) is 33.4 Å². The second kappa shape index (κ2) is 7.22. The Morgan fingerprint density at radius 3 is 2.81 bits per heavy atom. The van der Waals surface area contributed by atoms with Crippen molar-refractivity contribution in [1.82, 2.24) is 14.7 Å². The highest BCUT2D eigenvalue weighted by molar-refractivity contribution is 5.94. The third kappa shape index (κ3) is 3.49. The molecule has 0 radical (unpaired) electrons. The van der Waals surface area contributed by atoms with E-state index in [4.69, 9.17) is 4.74 Å². The number of hydrogen-bond donors (Lipinski definition) is 1. The third-order valence-electron chi connectivity index (χ3n) is 3.86. The Morgan fingerprint density at radius 2 is 2.04 bits per heavy atom. The van der Waals surface area contributed by atoms with Crippen LogP contribution in [0, 0.1) is 24.0 Å². The maximum Gasteiger partial charge on any atom is 0.310 e. The van der Waals surface area contributed by atoms with E-state index in [-0.39, 0.29) is 30.5 Å². The third-order valence-corrected chi connectivity index (χ3v) is 3.86. The van der Waals surface area contributed by atoms with Gasteiger partial charge in [0, 0.05) is 12.3 Å². The quantitative estimate of drug-likeness (QED) is 0.417. The number of amides is 1. The first-order chi connectivity index (χ1) is 12.5. The van der Waals surface area contributed by atoms with Crippen LogP contribution in [0.3, 0.4) is 0 Å². The summed E-state index contributed by atoms with van der Waals surface area (Å²) in [5.41, 5.74) is 2.71. The lowest BCUT2D eigenvalue weighted by Gasteiger charge is -2.08. The van der Waals surface area contributed by atoms with Gasteiger partial charge in [0.15, 0.2) is 5.75 Å². The average molecular weight is 354 g/mol. The van der Waals surface area contributed by atoms with E-state index in [1.54, 1.807) is 23.5 Å². The summed E-state index contributed by atoms with van der Waals surface area (Å²) in [4.78, 5) is 27.3. The van der Waals surface area contributed by atoms with Crippen LogP contribution in [-0.2, 0) is 0 Å². The van der Waals surface area contributed by atoms with Gasteiger partial charge in [0.2, 0.25) is 0 Å². The number of ether oxygens (including phenoxy) is 1. The van der Waals surface area contributed by atoms with Crippen molar-refractivity contribution in [3.05, 3.63) is 69.7 Å². The number of benzene rings is 1. The Balaban J connectivity index is 1.65. The van der Waals surface area contributed by atoms with Gasteiger partial charge >= 0.3 is 5.69 Å². The standard InChI is InChI=1S/C18H18N4O4/c1-12-7-8-16-20-13(2)17(21(16)11-12)18(23)19-9-10-26-15-6-4-3-5-14(15)22(24)25/h3-8,11H,9-10H2,1-2H3,(H,19,23). The van der Waals surface area contributed by atoms with Crippen molar-refractivity contribution < 1.29 is 14.5 Å². The second-order valence-electron chi connectivity index (χ2n) is 5.81. The second-order valence-corrected chi connectivity index (χ2v) is 5.81. The number of imidazole rings is 1. The Morgan fingerprint density at radius 1 is 1.27 bits per heavy atom. The SMILES string of the molecule is Cc1ccc2nc(C)c(C(=O)NCCOc3ccccc3[N+](=O)[O-])n2c1. The Kier molecular flexibility index (Phi) is 4.83. The number of para-hydroxylation sites is 2. The summed E-state index contributed by atoms with van der Waals surface area (Å²) in [5.74, 6) is -0.0971. The molecule has 1 aromatic carbocycles. The molecule has 3 rings (SSSR count). The zero-order valence-electron chi connectivity index (χ0n) is 14.4. The lowest BCUT2D eigenvalue weighted by molar-refractivity contribution is -0.385. The summed E-state index contributed by atoms with van der Waals surface area (Å²) in [6.07, 6.45) is 1.86. The smallest absolute Gasteiger partial charge is 0.310 e. The zero-order chi connectivity index (χ0) is 18.7. The lowest BCUT2D eigenvalue weighted by Crippen LogP contribution is -2.29. The molecule has 2 aromatic heterocycles. The number of aromatic nitrogens is 2. The van der Waals surface area contributed by atoms with E-state index in [2.05, 4.69) is 10.3 Å². The first-order valence-corrected chi connectivity index (χ1v) is 8.07. The molecule has 0 bridgehead atoms. The number of carbonyl (C=O) groups excluding carboxylic acids is 1. The van der Waals surface area contributed by atoms with Crippen molar-refractivity contribution in [3.8, 4) is 5.75 Å². The van der Waals surface area contributed by atoms with Crippen LogP contribution >= 0.6 is 0 Å². The molecular weight excluding hydrogens is 336 g/mol. The fraction of sp³-hybridized carbons (Fsp3) is 0.222. The average Bonchev–Trinajstić information content (AvgIpc) is 2.93. The molecule has 3 aromatic rings. The van der Waals surface area contributed by atoms with E-state index >= 15 is 0 Å². The molecule has 0 spiro atoms. The minimum atomic E-state index is -0.502. The van der Waals surface area contributed by atoms with Gasteiger partial charge in [0.05, 0.1) is 17.2 Å². The van der Waals surface area contributed by atoms with Gasteiger partial charge in [-0.25, -0.2) is 4.98 Å². The molecule has 0 aliphatic carbocycles. The monoisotopic (exact) mass is 354 g/mol. The lowest BCUT2D eigenvalue weighted by atomic mass is 10.3. The molecule has 0 aliphatic rings. The van der Waals surface area contributed by atoms with Crippen molar-refractivity contribution in [2.24, 2.45) is 0 Å². The van der Waals surface area contributed by atoms with E-state index in [0.717, 1.165) is 5.56 Å². The van der Waals surface area contributed by atoms with E-state index in [1.807, 2.05) is 25.3 Å². The van der Waals surface area contributed by atoms with Gasteiger partial charge in [0.25, 0.3) is 5.91 Å². The first kappa shape index (κ1) is 17.4. The number of nitrogens with zero attached hydrogens (tertiary/aromatic N) is 3. The molecule has 0 saturated heterocycles.